The Bertz CT molecular complexity index is 788. The van der Waals surface area contributed by atoms with Gasteiger partial charge in [-0.15, -0.1) is 0 Å². The van der Waals surface area contributed by atoms with Crippen molar-refractivity contribution < 1.29 is 9.85 Å². The molecule has 0 atom stereocenters. The van der Waals surface area contributed by atoms with E-state index < -0.39 is 9.85 Å². The largest absolute Gasteiger partial charge is 0.379 e. The molecule has 2 N–H and O–H groups in total. The first-order valence-electron chi connectivity index (χ1n) is 7.98. The number of nitrogens with one attached hydrogen (secondary N) is 2. The lowest BCUT2D eigenvalue weighted by Crippen LogP contribution is -2.07. The zero-order chi connectivity index (χ0) is 20.5. The molecule has 0 fully saturated rings. The molecule has 0 aliphatic rings. The van der Waals surface area contributed by atoms with Crippen molar-refractivity contribution in [2.24, 2.45) is 0 Å². The van der Waals surface area contributed by atoms with E-state index in [2.05, 4.69) is 10.6 Å². The van der Waals surface area contributed by atoms with Crippen LogP contribution in [0.4, 0.5) is 22.7 Å². The topological polar surface area (TPSA) is 110 Å². The van der Waals surface area contributed by atoms with Gasteiger partial charge in [0, 0.05) is 46.8 Å². The third-order valence-electron chi connectivity index (χ3n) is 3.40. The van der Waals surface area contributed by atoms with Crippen molar-refractivity contribution in [3.8, 4) is 0 Å². The van der Waals surface area contributed by atoms with Crippen molar-refractivity contribution in [1.29, 1.82) is 0 Å². The molecule has 0 unspecified atom stereocenters. The number of benzene rings is 2. The Labute approximate surface area is 179 Å². The summed E-state index contributed by atoms with van der Waals surface area (Å²) in [6, 6.07) is 8.99. The first kappa shape index (κ1) is 22.4. The molecule has 2 aromatic rings. The molecule has 0 aliphatic carbocycles. The molecule has 0 radical (unpaired) electrons. The molecule has 0 heterocycles. The standard InChI is InChI=1S/C16H16Cl2N4O4S2/c17-11-1-3-13(15(9-11)21(23)24)19-5-7-27-28-8-6-20-14-4-2-12(18)10-16(14)22(25)26/h1-4,9-10,19-20H,5-8H2. The minimum atomic E-state index is -0.474. The number of rotatable bonds is 11. The van der Waals surface area contributed by atoms with Crippen LogP contribution in [-0.2, 0) is 0 Å². The van der Waals surface area contributed by atoms with Crippen LogP contribution in [0.15, 0.2) is 36.4 Å². The Morgan fingerprint density at radius 3 is 1.54 bits per heavy atom. The van der Waals surface area contributed by atoms with Gasteiger partial charge < -0.3 is 10.6 Å². The van der Waals surface area contributed by atoms with Crippen LogP contribution in [0, 0.1) is 20.2 Å². The summed E-state index contributed by atoms with van der Waals surface area (Å²) in [4.78, 5) is 21.1. The molecule has 2 aromatic carbocycles. The number of nitro groups is 2. The van der Waals surface area contributed by atoms with E-state index in [1.165, 1.54) is 12.1 Å². The van der Waals surface area contributed by atoms with Gasteiger partial charge in [0.1, 0.15) is 11.4 Å². The summed E-state index contributed by atoms with van der Waals surface area (Å²) in [5.74, 6) is 1.46. The second-order valence-electron chi connectivity index (χ2n) is 5.33. The highest BCUT2D eigenvalue weighted by Crippen LogP contribution is 2.29. The van der Waals surface area contributed by atoms with Gasteiger partial charge in [0.05, 0.1) is 9.85 Å². The third-order valence-corrected chi connectivity index (χ3v) is 6.28. The fraction of sp³-hybridized carbons (Fsp3) is 0.250. The summed E-state index contributed by atoms with van der Waals surface area (Å²) in [5, 5.41) is 28.7. The normalized spacial score (nSPS) is 10.5. The zero-order valence-electron chi connectivity index (χ0n) is 14.4. The van der Waals surface area contributed by atoms with Gasteiger partial charge in [-0.05, 0) is 24.3 Å². The highest BCUT2D eigenvalue weighted by Gasteiger charge is 2.14. The van der Waals surface area contributed by atoms with E-state index in [-0.39, 0.29) is 11.4 Å². The van der Waals surface area contributed by atoms with Gasteiger partial charge in [-0.3, -0.25) is 20.2 Å². The Morgan fingerprint density at radius 2 is 1.18 bits per heavy atom. The van der Waals surface area contributed by atoms with E-state index >= 15 is 0 Å². The molecule has 12 heteroatoms. The number of halogens is 2. The summed E-state index contributed by atoms with van der Waals surface area (Å²) in [5.41, 5.74) is 0.742. The van der Waals surface area contributed by atoms with E-state index in [1.807, 2.05) is 0 Å². The Kier molecular flexibility index (Phi) is 8.97. The Hall–Kier alpha value is -1.88. The molecule has 28 heavy (non-hydrogen) atoms. The van der Waals surface area contributed by atoms with Gasteiger partial charge in [0.25, 0.3) is 11.4 Å². The minimum Gasteiger partial charge on any atom is -0.379 e. The molecular weight excluding hydrogens is 447 g/mol. The lowest BCUT2D eigenvalue weighted by molar-refractivity contribution is -0.384. The summed E-state index contributed by atoms with van der Waals surface area (Å²) in [6.45, 7) is 1.10. The SMILES string of the molecule is O=[N+]([O-])c1cc(Cl)ccc1NCCSSCCNc1ccc(Cl)cc1[N+](=O)[O-]. The number of hydrogen-bond acceptors (Lipinski definition) is 8. The average molecular weight is 463 g/mol. The van der Waals surface area contributed by atoms with Gasteiger partial charge in [0.2, 0.25) is 0 Å². The molecule has 0 saturated heterocycles. The van der Waals surface area contributed by atoms with E-state index in [0.717, 1.165) is 11.5 Å². The maximum Gasteiger partial charge on any atom is 0.293 e. The van der Waals surface area contributed by atoms with E-state index in [4.69, 9.17) is 23.2 Å². The smallest absolute Gasteiger partial charge is 0.293 e. The minimum absolute atomic E-state index is 0.0566. The Balaban J connectivity index is 1.67. The molecule has 0 spiro atoms. The van der Waals surface area contributed by atoms with Gasteiger partial charge in [-0.1, -0.05) is 44.8 Å². The maximum atomic E-state index is 11.0. The first-order chi connectivity index (χ1) is 13.4. The maximum absolute atomic E-state index is 11.0. The quantitative estimate of drug-likeness (QED) is 0.189. The van der Waals surface area contributed by atoms with Gasteiger partial charge in [-0.25, -0.2) is 0 Å². The van der Waals surface area contributed by atoms with Crippen LogP contribution < -0.4 is 10.6 Å². The molecule has 0 aromatic heterocycles. The fourth-order valence-corrected chi connectivity index (χ4v) is 4.33. The van der Waals surface area contributed by atoms with Crippen LogP contribution in [0.2, 0.25) is 10.0 Å². The number of nitro benzene ring substituents is 2. The second kappa shape index (κ2) is 11.2. The van der Waals surface area contributed by atoms with E-state index in [9.17, 15) is 20.2 Å². The molecule has 0 amide bonds. The Morgan fingerprint density at radius 1 is 0.786 bits per heavy atom. The zero-order valence-corrected chi connectivity index (χ0v) is 17.5. The summed E-state index contributed by atoms with van der Waals surface area (Å²) >= 11 is 11.6. The van der Waals surface area contributed by atoms with E-state index in [1.54, 1.807) is 45.9 Å². The number of hydrogen-bond donors (Lipinski definition) is 2. The molecule has 0 bridgehead atoms. The molecule has 8 nitrogen and oxygen atoms in total. The molecule has 150 valence electrons. The predicted octanol–water partition coefficient (Wildman–Crippen LogP) is 5.72. The van der Waals surface area contributed by atoms with Crippen LogP contribution in [0.5, 0.6) is 0 Å². The lowest BCUT2D eigenvalue weighted by atomic mass is 10.2. The number of anilines is 2. The van der Waals surface area contributed by atoms with Crippen LogP contribution in [0.25, 0.3) is 0 Å². The van der Waals surface area contributed by atoms with Gasteiger partial charge in [-0.2, -0.15) is 0 Å². The van der Waals surface area contributed by atoms with Crippen molar-refractivity contribution >= 4 is 67.5 Å². The fourth-order valence-electron chi connectivity index (χ4n) is 2.18. The average Bonchev–Trinajstić information content (AvgIpc) is 2.65. The number of nitrogens with zero attached hydrogens (tertiary/aromatic N) is 2. The van der Waals surface area contributed by atoms with E-state index in [0.29, 0.717) is 34.5 Å². The summed E-state index contributed by atoms with van der Waals surface area (Å²) in [7, 11) is 3.20. The van der Waals surface area contributed by atoms with Crippen molar-refractivity contribution in [2.45, 2.75) is 0 Å². The second-order valence-corrected chi connectivity index (χ2v) is 8.91. The van der Waals surface area contributed by atoms with Crippen LogP contribution in [-0.4, -0.2) is 34.4 Å². The monoisotopic (exact) mass is 462 g/mol. The highest BCUT2D eigenvalue weighted by molar-refractivity contribution is 8.76. The van der Waals surface area contributed by atoms with Gasteiger partial charge >= 0.3 is 0 Å². The van der Waals surface area contributed by atoms with Crippen molar-refractivity contribution in [3.63, 3.8) is 0 Å². The van der Waals surface area contributed by atoms with Crippen LogP contribution >= 0.6 is 44.8 Å². The van der Waals surface area contributed by atoms with Crippen molar-refractivity contribution in [3.05, 3.63) is 66.7 Å². The molecule has 2 rings (SSSR count). The summed E-state index contributed by atoms with van der Waals surface area (Å²) in [6.07, 6.45) is 0. The van der Waals surface area contributed by atoms with Crippen LogP contribution in [0.3, 0.4) is 0 Å². The third kappa shape index (κ3) is 6.93. The van der Waals surface area contributed by atoms with Crippen molar-refractivity contribution in [1.82, 2.24) is 0 Å². The summed E-state index contributed by atoms with van der Waals surface area (Å²) < 4.78 is 0. The predicted molar refractivity (Wildman–Crippen MR) is 118 cm³/mol. The van der Waals surface area contributed by atoms with Crippen molar-refractivity contribution in [2.75, 3.05) is 35.2 Å². The van der Waals surface area contributed by atoms with Gasteiger partial charge in [0.15, 0.2) is 0 Å². The first-order valence-corrected chi connectivity index (χ1v) is 11.2. The molecule has 0 saturated carbocycles. The lowest BCUT2D eigenvalue weighted by Gasteiger charge is -2.08. The van der Waals surface area contributed by atoms with Crippen LogP contribution in [0.1, 0.15) is 0 Å². The molecule has 0 aliphatic heterocycles. The highest BCUT2D eigenvalue weighted by atomic mass is 35.5. The molecular formula is C16H16Cl2N4O4S2.